The number of rotatable bonds is 4. The lowest BCUT2D eigenvalue weighted by Crippen LogP contribution is -2.29. The highest BCUT2D eigenvalue weighted by Gasteiger charge is 2.28. The summed E-state index contributed by atoms with van der Waals surface area (Å²) < 4.78 is 13.5. The quantitative estimate of drug-likeness (QED) is 0.592. The molecule has 88 valence electrons. The van der Waals surface area contributed by atoms with Crippen molar-refractivity contribution in [3.05, 3.63) is 35.4 Å². The molecule has 0 bridgehead atoms. The Kier molecular flexibility index (Phi) is 4.11. The van der Waals surface area contributed by atoms with E-state index in [1.165, 1.54) is 24.3 Å². The average molecular weight is 233 g/mol. The van der Waals surface area contributed by atoms with Gasteiger partial charge in [-0.3, -0.25) is 9.59 Å². The Balaban J connectivity index is 2.89. The molecule has 4 heteroatoms. The Hall–Kier alpha value is -2.02. The van der Waals surface area contributed by atoms with Gasteiger partial charge >= 0.3 is 0 Å². The molecule has 17 heavy (non-hydrogen) atoms. The summed E-state index contributed by atoms with van der Waals surface area (Å²) in [5.74, 6) is -2.10. The summed E-state index contributed by atoms with van der Waals surface area (Å²) in [6.45, 7) is 3.09. The molecule has 1 atom stereocenters. The maximum atomic E-state index is 13.5. The molecule has 0 aliphatic rings. The predicted octanol–water partition coefficient (Wildman–Crippen LogP) is 2.30. The molecule has 0 amide bonds. The summed E-state index contributed by atoms with van der Waals surface area (Å²) in [6, 6.07) is 7.42. The van der Waals surface area contributed by atoms with Crippen LogP contribution in [0.3, 0.4) is 0 Å². The fraction of sp³-hybridized carbons (Fsp3) is 0.308. The van der Waals surface area contributed by atoms with Crippen LogP contribution in [0.25, 0.3) is 0 Å². The SMILES string of the molecule is CC(C)C(=O)C(F)C(=O)c1ccc(C#N)cc1. The summed E-state index contributed by atoms with van der Waals surface area (Å²) >= 11 is 0. The number of hydrogen-bond donors (Lipinski definition) is 0. The first-order chi connectivity index (χ1) is 7.97. The van der Waals surface area contributed by atoms with Crippen molar-refractivity contribution in [1.29, 1.82) is 5.26 Å². The van der Waals surface area contributed by atoms with Crippen molar-refractivity contribution in [3.63, 3.8) is 0 Å². The van der Waals surface area contributed by atoms with E-state index in [4.69, 9.17) is 5.26 Å². The zero-order valence-corrected chi connectivity index (χ0v) is 9.61. The van der Waals surface area contributed by atoms with Crippen molar-refractivity contribution in [2.75, 3.05) is 0 Å². The van der Waals surface area contributed by atoms with Crippen LogP contribution < -0.4 is 0 Å². The van der Waals surface area contributed by atoms with Gasteiger partial charge in [0.1, 0.15) is 0 Å². The molecule has 0 aromatic heterocycles. The van der Waals surface area contributed by atoms with Crippen molar-refractivity contribution < 1.29 is 14.0 Å². The lowest BCUT2D eigenvalue weighted by molar-refractivity contribution is -0.125. The Morgan fingerprint density at radius 1 is 1.24 bits per heavy atom. The molecule has 0 spiro atoms. The first kappa shape index (κ1) is 13.0. The second kappa shape index (κ2) is 5.35. The number of alkyl halides is 1. The molecule has 3 nitrogen and oxygen atoms in total. The topological polar surface area (TPSA) is 57.9 Å². The third-order valence-electron chi connectivity index (χ3n) is 2.35. The normalized spacial score (nSPS) is 11.9. The fourth-order valence-electron chi connectivity index (χ4n) is 1.28. The predicted molar refractivity (Wildman–Crippen MR) is 60.2 cm³/mol. The number of halogens is 1. The van der Waals surface area contributed by atoms with E-state index in [1.807, 2.05) is 6.07 Å². The summed E-state index contributed by atoms with van der Waals surface area (Å²) in [5.41, 5.74) is 0.484. The van der Waals surface area contributed by atoms with Crippen LogP contribution >= 0.6 is 0 Å². The van der Waals surface area contributed by atoms with E-state index in [0.29, 0.717) is 5.56 Å². The minimum absolute atomic E-state index is 0.102. The van der Waals surface area contributed by atoms with E-state index in [2.05, 4.69) is 0 Å². The standard InChI is InChI=1S/C13H12FNO2/c1-8(2)12(16)11(14)13(17)10-5-3-9(7-15)4-6-10/h3-6,8,11H,1-2H3. The number of carbonyl (C=O) groups excluding carboxylic acids is 2. The molecule has 0 heterocycles. The van der Waals surface area contributed by atoms with Crippen LogP contribution in [0.2, 0.25) is 0 Å². The molecule has 1 aromatic rings. The van der Waals surface area contributed by atoms with Crippen LogP contribution in [0.15, 0.2) is 24.3 Å². The van der Waals surface area contributed by atoms with Gasteiger partial charge in [0, 0.05) is 11.5 Å². The van der Waals surface area contributed by atoms with Gasteiger partial charge in [0.05, 0.1) is 11.6 Å². The summed E-state index contributed by atoms with van der Waals surface area (Å²) in [6.07, 6.45) is -2.12. The maximum absolute atomic E-state index is 13.5. The number of hydrogen-bond acceptors (Lipinski definition) is 3. The second-order valence-electron chi connectivity index (χ2n) is 3.97. The summed E-state index contributed by atoms with van der Waals surface area (Å²) in [4.78, 5) is 22.9. The van der Waals surface area contributed by atoms with E-state index >= 15 is 0 Å². The van der Waals surface area contributed by atoms with Gasteiger partial charge in [-0.2, -0.15) is 5.26 Å². The Bertz CT molecular complexity index is 471. The number of Topliss-reactive ketones (excluding diaryl/α,β-unsaturated/α-hetero) is 2. The van der Waals surface area contributed by atoms with Crippen molar-refractivity contribution >= 4 is 11.6 Å². The van der Waals surface area contributed by atoms with Crippen molar-refractivity contribution in [1.82, 2.24) is 0 Å². The Morgan fingerprint density at radius 2 is 1.76 bits per heavy atom. The number of carbonyl (C=O) groups is 2. The minimum Gasteiger partial charge on any atom is -0.296 e. The minimum atomic E-state index is -2.12. The third kappa shape index (κ3) is 2.97. The van der Waals surface area contributed by atoms with Crippen molar-refractivity contribution in [2.45, 2.75) is 20.0 Å². The Morgan fingerprint density at radius 3 is 2.18 bits per heavy atom. The van der Waals surface area contributed by atoms with E-state index in [1.54, 1.807) is 13.8 Å². The largest absolute Gasteiger partial charge is 0.296 e. The van der Waals surface area contributed by atoms with Gasteiger partial charge in [0.25, 0.3) is 0 Å². The zero-order valence-electron chi connectivity index (χ0n) is 9.61. The van der Waals surface area contributed by atoms with Crippen molar-refractivity contribution in [2.24, 2.45) is 5.92 Å². The first-order valence-corrected chi connectivity index (χ1v) is 5.19. The molecule has 0 fully saturated rings. The second-order valence-corrected chi connectivity index (χ2v) is 3.97. The molecule has 0 aliphatic carbocycles. The molecule has 0 saturated heterocycles. The fourth-order valence-corrected chi connectivity index (χ4v) is 1.28. The number of nitriles is 1. The third-order valence-corrected chi connectivity index (χ3v) is 2.35. The molecule has 0 saturated carbocycles. The molecular formula is C13H12FNO2. The molecule has 0 N–H and O–H groups in total. The van der Waals surface area contributed by atoms with Crippen LogP contribution in [0.4, 0.5) is 4.39 Å². The highest BCUT2D eigenvalue weighted by molar-refractivity contribution is 6.13. The van der Waals surface area contributed by atoms with E-state index < -0.39 is 23.7 Å². The van der Waals surface area contributed by atoms with Gasteiger partial charge in [-0.05, 0) is 24.3 Å². The van der Waals surface area contributed by atoms with Crippen LogP contribution in [-0.2, 0) is 4.79 Å². The molecule has 1 aromatic carbocycles. The van der Waals surface area contributed by atoms with E-state index in [-0.39, 0.29) is 5.56 Å². The van der Waals surface area contributed by atoms with Crippen LogP contribution in [-0.4, -0.2) is 17.7 Å². The zero-order chi connectivity index (χ0) is 13.0. The molecule has 0 aliphatic heterocycles. The van der Waals surface area contributed by atoms with Crippen LogP contribution in [0, 0.1) is 17.2 Å². The van der Waals surface area contributed by atoms with Gasteiger partial charge in [-0.25, -0.2) is 4.39 Å². The monoisotopic (exact) mass is 233 g/mol. The lowest BCUT2D eigenvalue weighted by atomic mass is 9.97. The average Bonchev–Trinajstić information content (AvgIpc) is 2.36. The van der Waals surface area contributed by atoms with Gasteiger partial charge in [0.2, 0.25) is 12.0 Å². The maximum Gasteiger partial charge on any atom is 0.221 e. The number of nitrogens with zero attached hydrogens (tertiary/aromatic N) is 1. The van der Waals surface area contributed by atoms with Gasteiger partial charge in [-0.1, -0.05) is 13.8 Å². The Labute approximate surface area is 98.9 Å². The highest BCUT2D eigenvalue weighted by Crippen LogP contribution is 2.12. The van der Waals surface area contributed by atoms with Gasteiger partial charge in [0.15, 0.2) is 5.78 Å². The van der Waals surface area contributed by atoms with Gasteiger partial charge in [-0.15, -0.1) is 0 Å². The lowest BCUT2D eigenvalue weighted by Gasteiger charge is -2.08. The molecule has 1 rings (SSSR count). The molecule has 1 unspecified atom stereocenters. The summed E-state index contributed by atoms with van der Waals surface area (Å²) in [7, 11) is 0. The van der Waals surface area contributed by atoms with Crippen LogP contribution in [0.5, 0.6) is 0 Å². The summed E-state index contributed by atoms with van der Waals surface area (Å²) in [5, 5.41) is 8.57. The highest BCUT2D eigenvalue weighted by atomic mass is 19.1. The van der Waals surface area contributed by atoms with Gasteiger partial charge < -0.3 is 0 Å². The number of benzene rings is 1. The number of ketones is 2. The molecule has 0 radical (unpaired) electrons. The smallest absolute Gasteiger partial charge is 0.221 e. The van der Waals surface area contributed by atoms with E-state index in [0.717, 1.165) is 0 Å². The van der Waals surface area contributed by atoms with Crippen molar-refractivity contribution in [3.8, 4) is 6.07 Å². The molecular weight excluding hydrogens is 221 g/mol. The first-order valence-electron chi connectivity index (χ1n) is 5.19. The van der Waals surface area contributed by atoms with Crippen LogP contribution in [0.1, 0.15) is 29.8 Å². The van der Waals surface area contributed by atoms with E-state index in [9.17, 15) is 14.0 Å².